The Bertz CT molecular complexity index is 572. The summed E-state index contributed by atoms with van der Waals surface area (Å²) in [7, 11) is 0. The van der Waals surface area contributed by atoms with Gasteiger partial charge in [-0.1, -0.05) is 30.5 Å². The van der Waals surface area contributed by atoms with Crippen molar-refractivity contribution in [1.29, 1.82) is 0 Å². The highest BCUT2D eigenvalue weighted by Crippen LogP contribution is 2.22. The van der Waals surface area contributed by atoms with Crippen LogP contribution in [0.4, 0.5) is 5.69 Å². The number of amides is 1. The van der Waals surface area contributed by atoms with E-state index < -0.39 is 0 Å². The van der Waals surface area contributed by atoms with Crippen molar-refractivity contribution >= 4 is 53.1 Å². The van der Waals surface area contributed by atoms with Gasteiger partial charge in [-0.05, 0) is 37.5 Å². The Balaban J connectivity index is 0.00000288. The first-order valence-electron chi connectivity index (χ1n) is 8.18. The molecule has 2 rings (SSSR count). The van der Waals surface area contributed by atoms with E-state index in [0.717, 1.165) is 37.2 Å². The second-order valence-corrected chi connectivity index (χ2v) is 6.26. The van der Waals surface area contributed by atoms with Crippen molar-refractivity contribution in [3.8, 4) is 0 Å². The van der Waals surface area contributed by atoms with E-state index in [1.54, 1.807) is 6.07 Å². The minimum Gasteiger partial charge on any atom is -0.370 e. The van der Waals surface area contributed by atoms with Crippen molar-refractivity contribution in [2.75, 3.05) is 25.0 Å². The Morgan fingerprint density at radius 3 is 2.62 bits per heavy atom. The van der Waals surface area contributed by atoms with Crippen LogP contribution in [0.5, 0.6) is 0 Å². The molecule has 1 fully saturated rings. The van der Waals surface area contributed by atoms with Gasteiger partial charge < -0.3 is 16.0 Å². The van der Waals surface area contributed by atoms with E-state index in [4.69, 9.17) is 17.3 Å². The van der Waals surface area contributed by atoms with Crippen LogP contribution in [0, 0.1) is 6.92 Å². The summed E-state index contributed by atoms with van der Waals surface area (Å²) in [6.07, 6.45) is 5.13. The zero-order valence-electron chi connectivity index (χ0n) is 14.1. The molecule has 1 aromatic carbocycles. The lowest BCUT2D eigenvalue weighted by Gasteiger charge is -2.21. The summed E-state index contributed by atoms with van der Waals surface area (Å²) in [5.41, 5.74) is 7.64. The summed E-state index contributed by atoms with van der Waals surface area (Å²) < 4.78 is 0. The number of halogens is 2. The van der Waals surface area contributed by atoms with Crippen LogP contribution < -0.4 is 11.1 Å². The molecule has 0 atom stereocenters. The number of nitrogens with two attached hydrogens (primary N) is 1. The fourth-order valence-electron chi connectivity index (χ4n) is 2.63. The molecule has 134 valence electrons. The molecule has 1 saturated heterocycles. The molecule has 0 spiro atoms. The van der Waals surface area contributed by atoms with Crippen LogP contribution in [0.1, 0.15) is 37.7 Å². The zero-order valence-corrected chi connectivity index (χ0v) is 17.1. The highest BCUT2D eigenvalue weighted by Gasteiger charge is 2.11. The van der Waals surface area contributed by atoms with Crippen LogP contribution in [-0.2, 0) is 4.79 Å². The number of nitrogens with zero attached hydrogens (tertiary/aromatic N) is 2. The van der Waals surface area contributed by atoms with Crippen LogP contribution >= 0.6 is 35.6 Å². The molecular formula is C17H26ClIN4O. The topological polar surface area (TPSA) is 70.7 Å². The Morgan fingerprint density at radius 1 is 1.29 bits per heavy atom. The van der Waals surface area contributed by atoms with Gasteiger partial charge in [0.1, 0.15) is 0 Å². The number of benzene rings is 1. The van der Waals surface area contributed by atoms with Gasteiger partial charge in [0, 0.05) is 30.2 Å². The molecule has 7 heteroatoms. The van der Waals surface area contributed by atoms with Crippen molar-refractivity contribution < 1.29 is 4.79 Å². The number of anilines is 1. The van der Waals surface area contributed by atoms with Gasteiger partial charge in [-0.2, -0.15) is 0 Å². The van der Waals surface area contributed by atoms with E-state index in [-0.39, 0.29) is 29.9 Å². The molecule has 0 aromatic heterocycles. The fraction of sp³-hybridized carbons (Fsp3) is 0.529. The van der Waals surface area contributed by atoms with Crippen molar-refractivity contribution in [3.05, 3.63) is 28.8 Å². The number of likely N-dealkylation sites (tertiary alicyclic amines) is 1. The van der Waals surface area contributed by atoms with Gasteiger partial charge in [0.25, 0.3) is 0 Å². The van der Waals surface area contributed by atoms with E-state index in [2.05, 4.69) is 15.2 Å². The van der Waals surface area contributed by atoms with Crippen LogP contribution in [0.3, 0.4) is 0 Å². The lowest BCUT2D eigenvalue weighted by molar-refractivity contribution is -0.116. The molecule has 0 bridgehead atoms. The molecule has 5 nitrogen and oxygen atoms in total. The Hall–Kier alpha value is -1.02. The number of hydrogen-bond donors (Lipinski definition) is 2. The SMILES string of the molecule is Cc1c(Cl)cccc1NC(=O)CCN=C(N)N1CCCCCC1.I. The van der Waals surface area contributed by atoms with Crippen molar-refractivity contribution in [2.45, 2.75) is 39.0 Å². The minimum absolute atomic E-state index is 0. The lowest BCUT2D eigenvalue weighted by Crippen LogP contribution is -2.38. The molecule has 1 aromatic rings. The van der Waals surface area contributed by atoms with Gasteiger partial charge in [-0.3, -0.25) is 9.79 Å². The van der Waals surface area contributed by atoms with Crippen LogP contribution in [0.15, 0.2) is 23.2 Å². The molecule has 0 unspecified atom stereocenters. The highest BCUT2D eigenvalue weighted by molar-refractivity contribution is 14.0. The van der Waals surface area contributed by atoms with Gasteiger partial charge in [-0.15, -0.1) is 24.0 Å². The maximum atomic E-state index is 12.0. The summed E-state index contributed by atoms with van der Waals surface area (Å²) in [5.74, 6) is 0.474. The second kappa shape index (κ2) is 10.8. The molecule has 1 aliphatic heterocycles. The largest absolute Gasteiger partial charge is 0.370 e. The second-order valence-electron chi connectivity index (χ2n) is 5.85. The smallest absolute Gasteiger partial charge is 0.226 e. The molecule has 24 heavy (non-hydrogen) atoms. The van der Waals surface area contributed by atoms with Crippen molar-refractivity contribution in [1.82, 2.24) is 4.90 Å². The molecule has 1 amide bonds. The van der Waals surface area contributed by atoms with Crippen LogP contribution in [0.25, 0.3) is 0 Å². The van der Waals surface area contributed by atoms with Gasteiger partial charge in [0.15, 0.2) is 5.96 Å². The lowest BCUT2D eigenvalue weighted by atomic mass is 10.2. The van der Waals surface area contributed by atoms with E-state index in [1.165, 1.54) is 12.8 Å². The number of aliphatic imine (C=N–C) groups is 1. The van der Waals surface area contributed by atoms with Gasteiger partial charge in [0.05, 0.1) is 6.54 Å². The predicted molar refractivity (Wildman–Crippen MR) is 111 cm³/mol. The van der Waals surface area contributed by atoms with Crippen LogP contribution in [-0.4, -0.2) is 36.4 Å². The number of carbonyl (C=O) groups is 1. The minimum atomic E-state index is -0.0808. The van der Waals surface area contributed by atoms with Crippen molar-refractivity contribution in [2.24, 2.45) is 10.7 Å². The Morgan fingerprint density at radius 2 is 1.96 bits per heavy atom. The monoisotopic (exact) mass is 464 g/mol. The third kappa shape index (κ3) is 6.47. The third-order valence-electron chi connectivity index (χ3n) is 4.08. The maximum absolute atomic E-state index is 12.0. The van der Waals surface area contributed by atoms with Crippen LogP contribution in [0.2, 0.25) is 5.02 Å². The van der Waals surface area contributed by atoms with Crippen molar-refractivity contribution in [3.63, 3.8) is 0 Å². The van der Waals surface area contributed by atoms with E-state index >= 15 is 0 Å². The van der Waals surface area contributed by atoms with E-state index in [0.29, 0.717) is 23.9 Å². The Kier molecular flexibility index (Phi) is 9.43. The number of carbonyl (C=O) groups excluding carboxylic acids is 1. The maximum Gasteiger partial charge on any atom is 0.226 e. The highest BCUT2D eigenvalue weighted by atomic mass is 127. The number of guanidine groups is 1. The molecular weight excluding hydrogens is 439 g/mol. The Labute approximate surface area is 166 Å². The third-order valence-corrected chi connectivity index (χ3v) is 4.49. The summed E-state index contributed by atoms with van der Waals surface area (Å²) in [6.45, 7) is 4.20. The normalized spacial score (nSPS) is 15.4. The molecule has 0 radical (unpaired) electrons. The average molecular weight is 465 g/mol. The van der Waals surface area contributed by atoms with Gasteiger partial charge in [0.2, 0.25) is 5.91 Å². The summed E-state index contributed by atoms with van der Waals surface area (Å²) in [4.78, 5) is 18.5. The van der Waals surface area contributed by atoms with Gasteiger partial charge >= 0.3 is 0 Å². The predicted octanol–water partition coefficient (Wildman–Crippen LogP) is 3.79. The van der Waals surface area contributed by atoms with E-state index in [1.807, 2.05) is 19.1 Å². The molecule has 1 heterocycles. The zero-order chi connectivity index (χ0) is 16.7. The standard InChI is InChI=1S/C17H25ClN4O.HI/c1-13-14(18)7-6-8-15(13)21-16(23)9-10-20-17(19)22-11-4-2-3-5-12-22;/h6-8H,2-5,9-12H2,1H3,(H2,19,20)(H,21,23);1H. The first-order valence-corrected chi connectivity index (χ1v) is 8.55. The summed E-state index contributed by atoms with van der Waals surface area (Å²) >= 11 is 6.05. The number of rotatable bonds is 4. The first kappa shape index (κ1) is 21.0. The summed E-state index contributed by atoms with van der Waals surface area (Å²) in [5, 5.41) is 3.51. The average Bonchev–Trinajstić information content (AvgIpc) is 2.81. The fourth-order valence-corrected chi connectivity index (χ4v) is 2.80. The first-order chi connectivity index (χ1) is 11.1. The summed E-state index contributed by atoms with van der Waals surface area (Å²) in [6, 6.07) is 5.47. The molecule has 3 N–H and O–H groups in total. The number of nitrogens with one attached hydrogen (secondary N) is 1. The molecule has 0 saturated carbocycles. The molecule has 1 aliphatic rings. The van der Waals surface area contributed by atoms with Gasteiger partial charge in [-0.25, -0.2) is 0 Å². The van der Waals surface area contributed by atoms with E-state index in [9.17, 15) is 4.79 Å². The molecule has 0 aliphatic carbocycles. The number of hydrogen-bond acceptors (Lipinski definition) is 2. The quantitative estimate of drug-likeness (QED) is 0.405.